The van der Waals surface area contributed by atoms with Gasteiger partial charge in [-0.2, -0.15) is 0 Å². The average Bonchev–Trinajstić information content (AvgIpc) is 2.69. The Bertz CT molecular complexity index is 796. The Morgan fingerprint density at radius 2 is 1.82 bits per heavy atom. The SMILES string of the molecule is CCCNC(=O)[C@H](C)N(CCc1ccccc1)C(=O)Cc1ccc(Cl)cc1Cl. The van der Waals surface area contributed by atoms with Crippen molar-refractivity contribution >= 4 is 35.0 Å². The summed E-state index contributed by atoms with van der Waals surface area (Å²) in [6.45, 7) is 4.80. The highest BCUT2D eigenvalue weighted by molar-refractivity contribution is 6.35. The van der Waals surface area contributed by atoms with Gasteiger partial charge < -0.3 is 10.2 Å². The molecule has 2 aromatic carbocycles. The average molecular weight is 421 g/mol. The zero-order valence-corrected chi connectivity index (χ0v) is 17.8. The molecular weight excluding hydrogens is 395 g/mol. The molecule has 4 nitrogen and oxygen atoms in total. The van der Waals surface area contributed by atoms with E-state index in [1.54, 1.807) is 30.0 Å². The van der Waals surface area contributed by atoms with Crippen LogP contribution in [-0.2, 0) is 22.4 Å². The lowest BCUT2D eigenvalue weighted by Gasteiger charge is -2.29. The second-order valence-corrected chi connectivity index (χ2v) is 7.55. The van der Waals surface area contributed by atoms with Gasteiger partial charge in [-0.25, -0.2) is 0 Å². The molecule has 2 amide bonds. The molecule has 1 atom stereocenters. The molecule has 0 aliphatic carbocycles. The van der Waals surface area contributed by atoms with Crippen LogP contribution in [0.3, 0.4) is 0 Å². The Balaban J connectivity index is 2.15. The number of amides is 2. The fourth-order valence-electron chi connectivity index (χ4n) is 2.90. The number of nitrogens with zero attached hydrogens (tertiary/aromatic N) is 1. The summed E-state index contributed by atoms with van der Waals surface area (Å²) in [6.07, 6.45) is 1.64. The number of carbonyl (C=O) groups is 2. The maximum absolute atomic E-state index is 13.0. The van der Waals surface area contributed by atoms with E-state index in [1.165, 1.54) is 0 Å². The second-order valence-electron chi connectivity index (χ2n) is 6.70. The summed E-state index contributed by atoms with van der Waals surface area (Å²) in [5.74, 6) is -0.287. The van der Waals surface area contributed by atoms with Crippen LogP contribution in [-0.4, -0.2) is 35.8 Å². The largest absolute Gasteiger partial charge is 0.354 e. The van der Waals surface area contributed by atoms with Crippen molar-refractivity contribution in [1.82, 2.24) is 10.2 Å². The minimum atomic E-state index is -0.561. The first kappa shape index (κ1) is 22.3. The Hall–Kier alpha value is -2.04. The van der Waals surface area contributed by atoms with Crippen molar-refractivity contribution < 1.29 is 9.59 Å². The molecule has 0 heterocycles. The van der Waals surface area contributed by atoms with E-state index in [1.807, 2.05) is 37.3 Å². The zero-order valence-electron chi connectivity index (χ0n) is 16.3. The van der Waals surface area contributed by atoms with Gasteiger partial charge in [-0.15, -0.1) is 0 Å². The number of rotatable bonds is 9. The second kappa shape index (κ2) is 11.1. The van der Waals surface area contributed by atoms with Crippen LogP contribution in [0.4, 0.5) is 0 Å². The van der Waals surface area contributed by atoms with E-state index in [0.29, 0.717) is 35.1 Å². The van der Waals surface area contributed by atoms with E-state index < -0.39 is 6.04 Å². The van der Waals surface area contributed by atoms with Crippen molar-refractivity contribution in [3.8, 4) is 0 Å². The summed E-state index contributed by atoms with van der Waals surface area (Å²) in [5, 5.41) is 3.85. The van der Waals surface area contributed by atoms with Gasteiger partial charge in [-0.05, 0) is 43.0 Å². The molecule has 0 bridgehead atoms. The Kier molecular flexibility index (Phi) is 8.81. The lowest BCUT2D eigenvalue weighted by Crippen LogP contribution is -2.49. The van der Waals surface area contributed by atoms with E-state index in [4.69, 9.17) is 23.2 Å². The highest BCUT2D eigenvalue weighted by atomic mass is 35.5. The summed E-state index contributed by atoms with van der Waals surface area (Å²) in [7, 11) is 0. The predicted molar refractivity (Wildman–Crippen MR) is 115 cm³/mol. The predicted octanol–water partition coefficient (Wildman–Crippen LogP) is 4.52. The maximum atomic E-state index is 13.0. The van der Waals surface area contributed by atoms with E-state index in [2.05, 4.69) is 5.32 Å². The zero-order chi connectivity index (χ0) is 20.5. The van der Waals surface area contributed by atoms with Crippen LogP contribution >= 0.6 is 23.2 Å². The van der Waals surface area contributed by atoms with Crippen LogP contribution in [0.5, 0.6) is 0 Å². The Labute approximate surface area is 176 Å². The highest BCUT2D eigenvalue weighted by Gasteiger charge is 2.26. The highest BCUT2D eigenvalue weighted by Crippen LogP contribution is 2.22. The normalized spacial score (nSPS) is 11.7. The smallest absolute Gasteiger partial charge is 0.242 e. The molecule has 2 rings (SSSR count). The lowest BCUT2D eigenvalue weighted by molar-refractivity contribution is -0.139. The molecule has 1 N–H and O–H groups in total. The van der Waals surface area contributed by atoms with Gasteiger partial charge in [-0.1, -0.05) is 66.5 Å². The monoisotopic (exact) mass is 420 g/mol. The van der Waals surface area contributed by atoms with Crippen LogP contribution in [0.1, 0.15) is 31.4 Å². The third kappa shape index (κ3) is 6.54. The van der Waals surface area contributed by atoms with Crippen LogP contribution < -0.4 is 5.32 Å². The molecule has 2 aromatic rings. The molecule has 0 radical (unpaired) electrons. The van der Waals surface area contributed by atoms with Crippen LogP contribution in [0.25, 0.3) is 0 Å². The third-order valence-electron chi connectivity index (χ3n) is 4.56. The van der Waals surface area contributed by atoms with Gasteiger partial charge in [0.25, 0.3) is 0 Å². The fraction of sp³-hybridized carbons (Fsp3) is 0.364. The maximum Gasteiger partial charge on any atom is 0.242 e. The van der Waals surface area contributed by atoms with Gasteiger partial charge in [0, 0.05) is 23.1 Å². The number of halogens is 2. The molecule has 0 fully saturated rings. The molecule has 0 saturated heterocycles. The third-order valence-corrected chi connectivity index (χ3v) is 5.14. The molecule has 0 saturated carbocycles. The van der Waals surface area contributed by atoms with Gasteiger partial charge in [0.1, 0.15) is 6.04 Å². The van der Waals surface area contributed by atoms with E-state index >= 15 is 0 Å². The molecule has 0 unspecified atom stereocenters. The molecule has 0 aliphatic heterocycles. The fourth-order valence-corrected chi connectivity index (χ4v) is 3.37. The number of hydrogen-bond donors (Lipinski definition) is 1. The summed E-state index contributed by atoms with van der Waals surface area (Å²) >= 11 is 12.2. The summed E-state index contributed by atoms with van der Waals surface area (Å²) in [5.41, 5.74) is 1.81. The van der Waals surface area contributed by atoms with Crippen LogP contribution in [0.2, 0.25) is 10.0 Å². The molecular formula is C22H26Cl2N2O2. The summed E-state index contributed by atoms with van der Waals surface area (Å²) < 4.78 is 0. The van der Waals surface area contributed by atoms with Gasteiger partial charge in [0.2, 0.25) is 11.8 Å². The first-order valence-corrected chi connectivity index (χ1v) is 10.2. The van der Waals surface area contributed by atoms with Gasteiger partial charge in [0.15, 0.2) is 0 Å². The lowest BCUT2D eigenvalue weighted by atomic mass is 10.1. The van der Waals surface area contributed by atoms with Gasteiger partial charge in [-0.3, -0.25) is 9.59 Å². The molecule has 28 heavy (non-hydrogen) atoms. The van der Waals surface area contributed by atoms with Gasteiger partial charge >= 0.3 is 0 Å². The van der Waals surface area contributed by atoms with Crippen molar-refractivity contribution in [2.75, 3.05) is 13.1 Å². The van der Waals surface area contributed by atoms with E-state index in [0.717, 1.165) is 12.0 Å². The number of benzene rings is 2. The quantitative estimate of drug-likeness (QED) is 0.647. The van der Waals surface area contributed by atoms with E-state index in [9.17, 15) is 9.59 Å². The van der Waals surface area contributed by atoms with Crippen molar-refractivity contribution in [1.29, 1.82) is 0 Å². The van der Waals surface area contributed by atoms with E-state index in [-0.39, 0.29) is 18.2 Å². The van der Waals surface area contributed by atoms with Crippen LogP contribution in [0.15, 0.2) is 48.5 Å². The summed E-state index contributed by atoms with van der Waals surface area (Å²) in [4.78, 5) is 27.1. The Morgan fingerprint density at radius 3 is 2.46 bits per heavy atom. The topological polar surface area (TPSA) is 49.4 Å². The van der Waals surface area contributed by atoms with Crippen molar-refractivity contribution in [2.24, 2.45) is 0 Å². The van der Waals surface area contributed by atoms with Crippen molar-refractivity contribution in [3.05, 3.63) is 69.7 Å². The standard InChI is InChI=1S/C22H26Cl2N2O2/c1-3-12-25-22(28)16(2)26(13-11-17-7-5-4-6-8-17)21(27)14-18-9-10-19(23)15-20(18)24/h4-10,15-16H,3,11-14H2,1-2H3,(H,25,28)/t16-/m0/s1. The van der Waals surface area contributed by atoms with Crippen LogP contribution in [0, 0.1) is 0 Å². The van der Waals surface area contributed by atoms with Crippen molar-refractivity contribution in [2.45, 2.75) is 39.2 Å². The number of carbonyl (C=O) groups excluding carboxylic acids is 2. The minimum absolute atomic E-state index is 0.121. The molecule has 0 aliphatic rings. The molecule has 150 valence electrons. The first-order chi connectivity index (χ1) is 13.4. The van der Waals surface area contributed by atoms with Gasteiger partial charge in [0.05, 0.1) is 6.42 Å². The molecule has 6 heteroatoms. The van der Waals surface area contributed by atoms with Crippen molar-refractivity contribution in [3.63, 3.8) is 0 Å². The minimum Gasteiger partial charge on any atom is -0.354 e. The first-order valence-electron chi connectivity index (χ1n) is 9.47. The number of nitrogens with one attached hydrogen (secondary N) is 1. The molecule has 0 spiro atoms. The molecule has 0 aromatic heterocycles. The Morgan fingerprint density at radius 1 is 1.11 bits per heavy atom. The number of hydrogen-bond acceptors (Lipinski definition) is 2. The summed E-state index contributed by atoms with van der Waals surface area (Å²) in [6, 6.07) is 14.4.